The SMILES string of the molecule is Cc1cc2n(n1)CC(C(=O)Nc1ccc(Cl)cc1)=CN2CC[C@H](N)Cc1cc(F)c(F)cc1F. The number of hydrogen-bond acceptors (Lipinski definition) is 4. The Morgan fingerprint density at radius 2 is 1.85 bits per heavy atom. The van der Waals surface area contributed by atoms with Gasteiger partial charge in [0, 0.05) is 41.6 Å². The molecule has 2 aromatic carbocycles. The van der Waals surface area contributed by atoms with Crippen LogP contribution < -0.4 is 16.0 Å². The van der Waals surface area contributed by atoms with Crippen molar-refractivity contribution in [1.29, 1.82) is 0 Å². The van der Waals surface area contributed by atoms with E-state index in [2.05, 4.69) is 10.4 Å². The summed E-state index contributed by atoms with van der Waals surface area (Å²) >= 11 is 5.90. The Morgan fingerprint density at radius 1 is 1.15 bits per heavy atom. The number of carbonyl (C=O) groups excluding carboxylic acids is 1. The predicted molar refractivity (Wildman–Crippen MR) is 125 cm³/mol. The van der Waals surface area contributed by atoms with Crippen molar-refractivity contribution in [1.82, 2.24) is 9.78 Å². The fourth-order valence-electron chi connectivity index (χ4n) is 3.80. The molecule has 0 spiro atoms. The van der Waals surface area contributed by atoms with Crippen LogP contribution in [-0.2, 0) is 17.8 Å². The van der Waals surface area contributed by atoms with E-state index in [0.29, 0.717) is 41.9 Å². The molecule has 0 fully saturated rings. The molecule has 0 radical (unpaired) electrons. The Labute approximate surface area is 199 Å². The van der Waals surface area contributed by atoms with Crippen LogP contribution in [0.5, 0.6) is 0 Å². The fraction of sp³-hybridized carbons (Fsp3) is 0.250. The van der Waals surface area contributed by atoms with E-state index in [1.54, 1.807) is 35.1 Å². The van der Waals surface area contributed by atoms with Crippen LogP contribution in [0.1, 0.15) is 17.7 Å². The number of rotatable bonds is 7. The van der Waals surface area contributed by atoms with Crippen LogP contribution in [0.25, 0.3) is 0 Å². The van der Waals surface area contributed by atoms with Crippen molar-refractivity contribution < 1.29 is 18.0 Å². The summed E-state index contributed by atoms with van der Waals surface area (Å²) < 4.78 is 42.4. The second-order valence-corrected chi connectivity index (χ2v) is 8.66. The molecule has 0 aliphatic carbocycles. The van der Waals surface area contributed by atoms with Crippen LogP contribution >= 0.6 is 11.6 Å². The van der Waals surface area contributed by atoms with Crippen molar-refractivity contribution in [2.24, 2.45) is 5.73 Å². The van der Waals surface area contributed by atoms with Gasteiger partial charge < -0.3 is 16.0 Å². The smallest absolute Gasteiger partial charge is 0.254 e. The van der Waals surface area contributed by atoms with Crippen LogP contribution in [0, 0.1) is 24.4 Å². The lowest BCUT2D eigenvalue weighted by molar-refractivity contribution is -0.113. The third kappa shape index (κ3) is 5.43. The summed E-state index contributed by atoms with van der Waals surface area (Å²) in [7, 11) is 0. The maximum absolute atomic E-state index is 14.0. The first kappa shape index (κ1) is 23.8. The monoisotopic (exact) mass is 489 g/mol. The number of benzene rings is 2. The van der Waals surface area contributed by atoms with E-state index in [0.717, 1.165) is 17.6 Å². The Hall–Kier alpha value is -3.30. The summed E-state index contributed by atoms with van der Waals surface area (Å²) in [5.41, 5.74) is 8.08. The summed E-state index contributed by atoms with van der Waals surface area (Å²) in [6.45, 7) is 2.56. The molecule has 1 atom stereocenters. The third-order valence-corrected chi connectivity index (χ3v) is 5.76. The molecule has 3 N–H and O–H groups in total. The summed E-state index contributed by atoms with van der Waals surface area (Å²) in [6.07, 6.45) is 2.20. The van der Waals surface area contributed by atoms with E-state index < -0.39 is 23.5 Å². The van der Waals surface area contributed by atoms with Crippen molar-refractivity contribution in [2.75, 3.05) is 16.8 Å². The number of nitrogens with one attached hydrogen (secondary N) is 1. The predicted octanol–water partition coefficient (Wildman–Crippen LogP) is 4.56. The van der Waals surface area contributed by atoms with Crippen LogP contribution in [0.15, 0.2) is 54.2 Å². The second-order valence-electron chi connectivity index (χ2n) is 8.22. The Kier molecular flexibility index (Phi) is 6.95. The minimum Gasteiger partial charge on any atom is -0.333 e. The molecule has 178 valence electrons. The van der Waals surface area contributed by atoms with Gasteiger partial charge in [-0.05, 0) is 55.7 Å². The average molecular weight is 490 g/mol. The van der Waals surface area contributed by atoms with Crippen molar-refractivity contribution in [3.8, 4) is 0 Å². The topological polar surface area (TPSA) is 76.2 Å². The van der Waals surface area contributed by atoms with Crippen molar-refractivity contribution >= 4 is 29.0 Å². The molecule has 10 heteroatoms. The van der Waals surface area contributed by atoms with Gasteiger partial charge in [0.1, 0.15) is 11.6 Å². The van der Waals surface area contributed by atoms with E-state index in [4.69, 9.17) is 17.3 Å². The summed E-state index contributed by atoms with van der Waals surface area (Å²) in [6, 6.07) is 9.53. The first-order chi connectivity index (χ1) is 16.2. The number of amides is 1. The minimum absolute atomic E-state index is 0.0181. The maximum Gasteiger partial charge on any atom is 0.254 e. The molecule has 1 aromatic heterocycles. The van der Waals surface area contributed by atoms with Gasteiger partial charge >= 0.3 is 0 Å². The van der Waals surface area contributed by atoms with Crippen LogP contribution in [0.2, 0.25) is 5.02 Å². The molecule has 1 aliphatic heterocycles. The first-order valence-corrected chi connectivity index (χ1v) is 11.0. The average Bonchev–Trinajstić information content (AvgIpc) is 3.17. The standard InChI is InChI=1S/C24H23ClF3N5O/c1-14-8-23-32(7-6-18(29)9-15-10-21(27)22(28)11-20(15)26)12-16(13-33(23)31-14)24(34)30-19-4-2-17(25)3-5-19/h2-5,8,10-12,18H,6-7,9,13,29H2,1H3,(H,30,34)/t18-/m0/s1. The third-order valence-electron chi connectivity index (χ3n) is 5.51. The van der Waals surface area contributed by atoms with Gasteiger partial charge in [0.25, 0.3) is 5.91 Å². The highest BCUT2D eigenvalue weighted by Gasteiger charge is 2.24. The molecular weight excluding hydrogens is 467 g/mol. The molecular formula is C24H23ClF3N5O. The number of carbonyl (C=O) groups is 1. The number of hydrogen-bond donors (Lipinski definition) is 2. The normalized spacial score (nSPS) is 13.9. The van der Waals surface area contributed by atoms with Gasteiger partial charge in [0.05, 0.1) is 17.8 Å². The molecule has 34 heavy (non-hydrogen) atoms. The number of anilines is 2. The Bertz CT molecular complexity index is 1240. The lowest BCUT2D eigenvalue weighted by Crippen LogP contribution is -2.34. The highest BCUT2D eigenvalue weighted by molar-refractivity contribution is 6.30. The molecule has 0 unspecified atom stereocenters. The highest BCUT2D eigenvalue weighted by atomic mass is 35.5. The van der Waals surface area contributed by atoms with E-state index in [-0.39, 0.29) is 17.9 Å². The van der Waals surface area contributed by atoms with Gasteiger partial charge in [-0.2, -0.15) is 5.10 Å². The lowest BCUT2D eigenvalue weighted by atomic mass is 10.0. The molecule has 4 rings (SSSR count). The van der Waals surface area contributed by atoms with E-state index >= 15 is 0 Å². The Morgan fingerprint density at radius 3 is 2.59 bits per heavy atom. The van der Waals surface area contributed by atoms with Crippen molar-refractivity contribution in [3.63, 3.8) is 0 Å². The molecule has 1 amide bonds. The van der Waals surface area contributed by atoms with E-state index in [1.807, 2.05) is 17.9 Å². The van der Waals surface area contributed by atoms with Gasteiger partial charge in [-0.15, -0.1) is 0 Å². The fourth-order valence-corrected chi connectivity index (χ4v) is 3.93. The van der Waals surface area contributed by atoms with Gasteiger partial charge in [-0.1, -0.05) is 11.6 Å². The molecule has 0 bridgehead atoms. The summed E-state index contributed by atoms with van der Waals surface area (Å²) in [5, 5.41) is 7.87. The number of nitrogens with two attached hydrogens (primary N) is 1. The zero-order valence-electron chi connectivity index (χ0n) is 18.4. The van der Waals surface area contributed by atoms with Crippen LogP contribution in [0.4, 0.5) is 24.7 Å². The number of aryl methyl sites for hydroxylation is 1. The lowest BCUT2D eigenvalue weighted by Gasteiger charge is -2.28. The van der Waals surface area contributed by atoms with Gasteiger partial charge in [0.2, 0.25) is 0 Å². The van der Waals surface area contributed by atoms with Gasteiger partial charge in [0.15, 0.2) is 11.6 Å². The molecule has 2 heterocycles. The molecule has 0 saturated heterocycles. The van der Waals surface area contributed by atoms with Crippen LogP contribution in [-0.4, -0.2) is 28.3 Å². The Balaban J connectivity index is 1.46. The zero-order valence-corrected chi connectivity index (χ0v) is 19.1. The van der Waals surface area contributed by atoms with Crippen molar-refractivity contribution in [2.45, 2.75) is 32.4 Å². The minimum atomic E-state index is -1.23. The number of nitrogens with zero attached hydrogens (tertiary/aromatic N) is 3. The number of halogens is 4. The number of aromatic nitrogens is 2. The number of fused-ring (bicyclic) bond motifs is 1. The van der Waals surface area contributed by atoms with E-state index in [1.165, 1.54) is 0 Å². The van der Waals surface area contributed by atoms with Crippen molar-refractivity contribution in [3.05, 3.63) is 88.0 Å². The first-order valence-electron chi connectivity index (χ1n) is 10.7. The highest BCUT2D eigenvalue weighted by Crippen LogP contribution is 2.25. The largest absolute Gasteiger partial charge is 0.333 e. The maximum atomic E-state index is 14.0. The molecule has 3 aromatic rings. The van der Waals surface area contributed by atoms with Gasteiger partial charge in [-0.3, -0.25) is 4.79 Å². The molecule has 1 aliphatic rings. The second kappa shape index (κ2) is 9.90. The quantitative estimate of drug-likeness (QED) is 0.477. The zero-order chi connectivity index (χ0) is 24.4. The summed E-state index contributed by atoms with van der Waals surface area (Å²) in [4.78, 5) is 14.7. The van der Waals surface area contributed by atoms with Crippen LogP contribution in [0.3, 0.4) is 0 Å². The summed E-state index contributed by atoms with van der Waals surface area (Å²) in [5.74, 6) is -2.66. The van der Waals surface area contributed by atoms with Gasteiger partial charge in [-0.25, -0.2) is 17.9 Å². The molecule has 0 saturated carbocycles. The molecule has 6 nitrogen and oxygen atoms in total. The van der Waals surface area contributed by atoms with E-state index in [9.17, 15) is 18.0 Å².